The summed E-state index contributed by atoms with van der Waals surface area (Å²) < 4.78 is 0. The number of hydrogen-bond acceptors (Lipinski definition) is 4. The molecule has 120 valence electrons. The minimum atomic E-state index is -0.0514. The largest absolute Gasteiger partial charge is 0.373 e. The van der Waals surface area contributed by atoms with Crippen LogP contribution in [0.1, 0.15) is 66.6 Å². The lowest BCUT2D eigenvalue weighted by Gasteiger charge is -2.21. The molecule has 1 heterocycles. The first-order chi connectivity index (χ1) is 9.72. The zero-order valence-corrected chi connectivity index (χ0v) is 14.7. The molecule has 0 saturated heterocycles. The maximum atomic E-state index is 4.67. The van der Waals surface area contributed by atoms with Gasteiger partial charge in [-0.3, -0.25) is 0 Å². The Morgan fingerprint density at radius 2 is 1.67 bits per heavy atom. The van der Waals surface area contributed by atoms with Crippen molar-refractivity contribution in [2.45, 2.75) is 72.3 Å². The Morgan fingerprint density at radius 1 is 1.05 bits per heavy atom. The molecule has 4 heteroatoms. The van der Waals surface area contributed by atoms with Gasteiger partial charge in [0, 0.05) is 24.6 Å². The first-order valence-electron chi connectivity index (χ1n) is 8.06. The molecular formula is C17H32N4. The van der Waals surface area contributed by atoms with E-state index in [1.165, 1.54) is 19.3 Å². The van der Waals surface area contributed by atoms with Crippen LogP contribution < -0.4 is 10.6 Å². The van der Waals surface area contributed by atoms with Gasteiger partial charge in [-0.15, -0.1) is 0 Å². The van der Waals surface area contributed by atoms with Crippen molar-refractivity contribution >= 4 is 11.6 Å². The maximum absolute atomic E-state index is 4.67. The summed E-state index contributed by atoms with van der Waals surface area (Å²) in [4.78, 5) is 9.23. The molecule has 0 radical (unpaired) electrons. The summed E-state index contributed by atoms with van der Waals surface area (Å²) in [6.45, 7) is 13.2. The first kappa shape index (κ1) is 17.7. The van der Waals surface area contributed by atoms with Crippen LogP contribution in [0.2, 0.25) is 0 Å². The summed E-state index contributed by atoms with van der Waals surface area (Å²) in [5, 5.41) is 6.63. The molecule has 4 nitrogen and oxygen atoms in total. The highest BCUT2D eigenvalue weighted by atomic mass is 15.1. The topological polar surface area (TPSA) is 49.8 Å². The van der Waals surface area contributed by atoms with E-state index in [4.69, 9.17) is 0 Å². The number of anilines is 2. The predicted molar refractivity (Wildman–Crippen MR) is 92.1 cm³/mol. The standard InChI is InChI=1S/C17H32N4/c1-12(2)9-8-10-13(3)19-15-11-14(18-7)20-16(21-15)17(4,5)6/h11-13H,8-10H2,1-7H3,(H2,18,19,20,21). The number of nitrogens with one attached hydrogen (secondary N) is 2. The molecule has 0 saturated carbocycles. The van der Waals surface area contributed by atoms with Crippen molar-refractivity contribution in [2.24, 2.45) is 5.92 Å². The number of nitrogens with zero attached hydrogens (tertiary/aromatic N) is 2. The average molecular weight is 292 g/mol. The lowest BCUT2D eigenvalue weighted by atomic mass is 9.96. The van der Waals surface area contributed by atoms with E-state index >= 15 is 0 Å². The fourth-order valence-electron chi connectivity index (χ4n) is 2.14. The van der Waals surface area contributed by atoms with Gasteiger partial charge in [0.2, 0.25) is 0 Å². The fourth-order valence-corrected chi connectivity index (χ4v) is 2.14. The van der Waals surface area contributed by atoms with Crippen LogP contribution in [0.3, 0.4) is 0 Å². The quantitative estimate of drug-likeness (QED) is 0.780. The molecule has 0 spiro atoms. The van der Waals surface area contributed by atoms with Gasteiger partial charge in [-0.05, 0) is 19.3 Å². The molecule has 1 aromatic heterocycles. The van der Waals surface area contributed by atoms with Gasteiger partial charge in [0.05, 0.1) is 0 Å². The van der Waals surface area contributed by atoms with E-state index in [0.29, 0.717) is 6.04 Å². The van der Waals surface area contributed by atoms with Crippen molar-refractivity contribution in [2.75, 3.05) is 17.7 Å². The van der Waals surface area contributed by atoms with Crippen molar-refractivity contribution in [3.05, 3.63) is 11.9 Å². The molecule has 1 atom stereocenters. The lowest BCUT2D eigenvalue weighted by molar-refractivity contribution is 0.518. The Kier molecular flexibility index (Phi) is 6.43. The van der Waals surface area contributed by atoms with Crippen LogP contribution >= 0.6 is 0 Å². The molecule has 1 rings (SSSR count). The second kappa shape index (κ2) is 7.62. The highest BCUT2D eigenvalue weighted by molar-refractivity contribution is 5.48. The summed E-state index contributed by atoms with van der Waals surface area (Å²) in [5.74, 6) is 3.42. The van der Waals surface area contributed by atoms with Gasteiger partial charge in [0.1, 0.15) is 17.5 Å². The predicted octanol–water partition coefficient (Wildman–Crippen LogP) is 4.44. The molecule has 0 aliphatic rings. The Balaban J connectivity index is 2.73. The Morgan fingerprint density at radius 3 is 2.19 bits per heavy atom. The second-order valence-electron chi connectivity index (χ2n) is 7.33. The minimum Gasteiger partial charge on any atom is -0.373 e. The van der Waals surface area contributed by atoms with Crippen LogP contribution in [0.15, 0.2) is 6.07 Å². The molecular weight excluding hydrogens is 260 g/mol. The molecule has 0 amide bonds. The van der Waals surface area contributed by atoms with Crippen molar-refractivity contribution < 1.29 is 0 Å². The summed E-state index contributed by atoms with van der Waals surface area (Å²) in [7, 11) is 1.89. The molecule has 2 N–H and O–H groups in total. The van der Waals surface area contributed by atoms with Crippen LogP contribution in [-0.4, -0.2) is 23.1 Å². The van der Waals surface area contributed by atoms with Gasteiger partial charge < -0.3 is 10.6 Å². The highest BCUT2D eigenvalue weighted by Gasteiger charge is 2.19. The van der Waals surface area contributed by atoms with Crippen LogP contribution in [0, 0.1) is 5.92 Å². The van der Waals surface area contributed by atoms with Crippen LogP contribution in [0.4, 0.5) is 11.6 Å². The Labute approximate surface area is 130 Å². The summed E-state index contributed by atoms with van der Waals surface area (Å²) in [6, 6.07) is 2.41. The molecule has 0 aliphatic carbocycles. The van der Waals surface area contributed by atoms with Gasteiger partial charge in [-0.1, -0.05) is 47.5 Å². The number of rotatable bonds is 7. The second-order valence-corrected chi connectivity index (χ2v) is 7.33. The first-order valence-corrected chi connectivity index (χ1v) is 8.06. The summed E-state index contributed by atoms with van der Waals surface area (Å²) in [5.41, 5.74) is -0.0514. The lowest BCUT2D eigenvalue weighted by Crippen LogP contribution is -2.21. The molecule has 0 aromatic carbocycles. The normalized spacial score (nSPS) is 13.3. The Hall–Kier alpha value is -1.32. The molecule has 1 aromatic rings. The van der Waals surface area contributed by atoms with Gasteiger partial charge in [-0.2, -0.15) is 0 Å². The third-order valence-corrected chi connectivity index (χ3v) is 3.47. The molecule has 0 aliphatic heterocycles. The van der Waals surface area contributed by atoms with E-state index in [1.54, 1.807) is 0 Å². The van der Waals surface area contributed by atoms with Crippen LogP contribution in [0.25, 0.3) is 0 Å². The van der Waals surface area contributed by atoms with E-state index in [1.807, 2.05) is 13.1 Å². The van der Waals surface area contributed by atoms with Crippen LogP contribution in [0.5, 0.6) is 0 Å². The maximum Gasteiger partial charge on any atom is 0.138 e. The third-order valence-electron chi connectivity index (χ3n) is 3.47. The number of hydrogen-bond donors (Lipinski definition) is 2. The van der Waals surface area contributed by atoms with E-state index in [0.717, 1.165) is 23.4 Å². The van der Waals surface area contributed by atoms with Crippen molar-refractivity contribution in [1.82, 2.24) is 9.97 Å². The van der Waals surface area contributed by atoms with E-state index in [9.17, 15) is 0 Å². The molecule has 1 unspecified atom stereocenters. The Bertz CT molecular complexity index is 435. The highest BCUT2D eigenvalue weighted by Crippen LogP contribution is 2.23. The zero-order valence-electron chi connectivity index (χ0n) is 14.7. The number of aromatic nitrogens is 2. The van der Waals surface area contributed by atoms with Gasteiger partial charge in [0.25, 0.3) is 0 Å². The van der Waals surface area contributed by atoms with Gasteiger partial charge >= 0.3 is 0 Å². The van der Waals surface area contributed by atoms with E-state index < -0.39 is 0 Å². The molecule has 0 bridgehead atoms. The molecule has 0 fully saturated rings. The summed E-state index contributed by atoms with van der Waals surface area (Å²) >= 11 is 0. The molecule has 21 heavy (non-hydrogen) atoms. The smallest absolute Gasteiger partial charge is 0.138 e. The monoisotopic (exact) mass is 292 g/mol. The van der Waals surface area contributed by atoms with Gasteiger partial charge in [-0.25, -0.2) is 9.97 Å². The third kappa shape index (κ3) is 6.32. The average Bonchev–Trinajstić information content (AvgIpc) is 2.36. The fraction of sp³-hybridized carbons (Fsp3) is 0.765. The van der Waals surface area contributed by atoms with E-state index in [2.05, 4.69) is 62.1 Å². The summed E-state index contributed by atoms with van der Waals surface area (Å²) in [6.07, 6.45) is 3.70. The zero-order chi connectivity index (χ0) is 16.0. The minimum absolute atomic E-state index is 0.0514. The van der Waals surface area contributed by atoms with Crippen molar-refractivity contribution in [1.29, 1.82) is 0 Å². The van der Waals surface area contributed by atoms with Crippen molar-refractivity contribution in [3.8, 4) is 0 Å². The van der Waals surface area contributed by atoms with Gasteiger partial charge in [0.15, 0.2) is 0 Å². The van der Waals surface area contributed by atoms with E-state index in [-0.39, 0.29) is 5.41 Å². The van der Waals surface area contributed by atoms with Crippen LogP contribution in [-0.2, 0) is 5.41 Å². The van der Waals surface area contributed by atoms with Crippen molar-refractivity contribution in [3.63, 3.8) is 0 Å². The SMILES string of the molecule is CNc1cc(NC(C)CCCC(C)C)nc(C(C)(C)C)n1.